The lowest BCUT2D eigenvalue weighted by Gasteiger charge is -2.72. The van der Waals surface area contributed by atoms with Crippen LogP contribution in [-0.4, -0.2) is 97.3 Å². The molecule has 0 radical (unpaired) electrons. The molecule has 0 aromatic carbocycles. The van der Waals surface area contributed by atoms with Gasteiger partial charge in [0.2, 0.25) is 6.29 Å². The number of aliphatic hydroxyl groups is 7. The predicted octanol–water partition coefficient (Wildman–Crippen LogP) is 2.44. The number of rotatable bonds is 4. The van der Waals surface area contributed by atoms with Crippen molar-refractivity contribution in [1.82, 2.24) is 0 Å². The number of ether oxygens (including phenoxy) is 2. The van der Waals surface area contributed by atoms with E-state index in [9.17, 15) is 40.5 Å². The van der Waals surface area contributed by atoms with Crippen LogP contribution in [0.4, 0.5) is 0 Å². The van der Waals surface area contributed by atoms with Crippen molar-refractivity contribution in [3.63, 3.8) is 0 Å². The van der Waals surface area contributed by atoms with Crippen molar-refractivity contribution in [2.45, 2.75) is 142 Å². The van der Waals surface area contributed by atoms with Gasteiger partial charge in [0.05, 0.1) is 30.3 Å². The normalized spacial score (nSPS) is 56.8. The van der Waals surface area contributed by atoms with Crippen molar-refractivity contribution in [2.24, 2.45) is 50.7 Å². The summed E-state index contributed by atoms with van der Waals surface area (Å²) in [6, 6.07) is 0. The first-order valence-corrected chi connectivity index (χ1v) is 17.6. The maximum absolute atomic E-state index is 14.5. The Labute approximate surface area is 273 Å². The Balaban J connectivity index is 1.39. The van der Waals surface area contributed by atoms with E-state index >= 15 is 0 Å². The number of hydrogen-bond donors (Lipinski definition) is 7. The first kappa shape index (κ1) is 34.7. The molecule has 16 atom stereocenters. The van der Waals surface area contributed by atoms with E-state index in [0.29, 0.717) is 38.0 Å². The van der Waals surface area contributed by atoms with Crippen LogP contribution in [0.1, 0.15) is 99.3 Å². The van der Waals surface area contributed by atoms with Gasteiger partial charge in [0, 0.05) is 11.3 Å². The molecule has 10 nitrogen and oxygen atoms in total. The topological polar surface area (TPSA) is 177 Å². The summed E-state index contributed by atoms with van der Waals surface area (Å²) in [5.41, 5.74) is -2.34. The zero-order chi connectivity index (χ0) is 33.8. The quantitative estimate of drug-likeness (QED) is 0.177. The molecule has 262 valence electrons. The fraction of sp³-hybridized carbons (Fsp3) is 0.917. The molecule has 5 fully saturated rings. The van der Waals surface area contributed by atoms with Gasteiger partial charge >= 0.3 is 5.97 Å². The third-order valence-corrected chi connectivity index (χ3v) is 15.7. The lowest BCUT2D eigenvalue weighted by atomic mass is 9.33. The van der Waals surface area contributed by atoms with Gasteiger partial charge < -0.3 is 45.2 Å². The lowest BCUT2D eigenvalue weighted by molar-refractivity contribution is -0.299. The summed E-state index contributed by atoms with van der Waals surface area (Å²) in [6.45, 7) is 12.3. The van der Waals surface area contributed by atoms with Gasteiger partial charge in [-0.25, -0.2) is 0 Å². The zero-order valence-electron chi connectivity index (χ0n) is 28.5. The van der Waals surface area contributed by atoms with E-state index in [1.54, 1.807) is 0 Å². The monoisotopic (exact) mass is 650 g/mol. The standard InChI is InChI=1S/C36H58O10/c1-19-9-14-36(30(43)46-29-27(42)26(41)25(40)21(17-37)45-29)16-15-33(4)20(28(36)35(19,6)44)7-8-23-31(2)12-11-24(39)32(3,18-38)22(31)10-13-34(23,33)5/h7,19,21-29,37-42,44H,8-18H2,1-6H3/t19-,21+,22-,23-,24-,25+,26-,27+,28-,29-,31-,32-,33+,34+,35-,36-/m1/s1. The van der Waals surface area contributed by atoms with E-state index in [4.69, 9.17) is 9.47 Å². The van der Waals surface area contributed by atoms with Crippen LogP contribution in [0.3, 0.4) is 0 Å². The minimum atomic E-state index is -1.70. The van der Waals surface area contributed by atoms with Crippen LogP contribution in [0.25, 0.3) is 0 Å². The SMILES string of the molecule is C[C@@H]1CC[C@@]2(C(=O)O[C@H]3O[C@@H](CO)[C@H](O)[C@@H](O)[C@@H]3O)CC[C@@]3(C)C(=CC[C@@H]4[C@]5(C)CC[C@@H](O)[C@](C)(CO)[C@@H]5CC[C@@]43C)[C@@H]2[C@]1(C)O. The average molecular weight is 651 g/mol. The van der Waals surface area contributed by atoms with Crippen molar-refractivity contribution in [3.8, 4) is 0 Å². The number of aliphatic hydroxyl groups excluding tert-OH is 6. The number of hydrogen-bond acceptors (Lipinski definition) is 10. The molecule has 0 aromatic rings. The van der Waals surface area contributed by atoms with Crippen molar-refractivity contribution >= 4 is 5.97 Å². The Morgan fingerprint density at radius 3 is 2.24 bits per heavy atom. The highest BCUT2D eigenvalue weighted by Crippen LogP contribution is 2.76. The van der Waals surface area contributed by atoms with Crippen LogP contribution in [0.15, 0.2) is 11.6 Å². The highest BCUT2D eigenvalue weighted by Gasteiger charge is 2.72. The second-order valence-corrected chi connectivity index (χ2v) is 17.4. The van der Waals surface area contributed by atoms with Crippen LogP contribution < -0.4 is 0 Å². The number of carbonyl (C=O) groups is 1. The fourth-order valence-corrected chi connectivity index (χ4v) is 12.3. The summed E-state index contributed by atoms with van der Waals surface area (Å²) in [5.74, 6) is -0.749. The maximum atomic E-state index is 14.5. The van der Waals surface area contributed by atoms with E-state index in [0.717, 1.165) is 31.3 Å². The lowest BCUT2D eigenvalue weighted by Crippen LogP contribution is -2.68. The summed E-state index contributed by atoms with van der Waals surface area (Å²) in [5, 5.41) is 75.0. The highest BCUT2D eigenvalue weighted by molar-refractivity contribution is 5.79. The Morgan fingerprint density at radius 1 is 0.891 bits per heavy atom. The molecule has 1 heterocycles. The van der Waals surface area contributed by atoms with E-state index in [-0.39, 0.29) is 34.7 Å². The van der Waals surface area contributed by atoms with Gasteiger partial charge in [-0.05, 0) is 98.7 Å². The summed E-state index contributed by atoms with van der Waals surface area (Å²) in [4.78, 5) is 14.5. The first-order valence-electron chi connectivity index (χ1n) is 17.6. The molecule has 0 spiro atoms. The molecule has 1 saturated heterocycles. The maximum Gasteiger partial charge on any atom is 0.315 e. The second-order valence-electron chi connectivity index (χ2n) is 17.4. The molecule has 46 heavy (non-hydrogen) atoms. The van der Waals surface area contributed by atoms with E-state index in [1.165, 1.54) is 0 Å². The number of fused-ring (bicyclic) bond motifs is 7. The first-order chi connectivity index (χ1) is 21.4. The van der Waals surface area contributed by atoms with Gasteiger partial charge in [-0.2, -0.15) is 0 Å². The van der Waals surface area contributed by atoms with Crippen LogP contribution in [0.5, 0.6) is 0 Å². The molecule has 0 aromatic heterocycles. The Kier molecular flexibility index (Phi) is 8.46. The van der Waals surface area contributed by atoms with Crippen LogP contribution >= 0.6 is 0 Å². The fourth-order valence-electron chi connectivity index (χ4n) is 12.3. The summed E-state index contributed by atoms with van der Waals surface area (Å²) in [6.07, 6.45) is 0.492. The molecule has 0 amide bonds. The molecule has 5 aliphatic carbocycles. The van der Waals surface area contributed by atoms with Gasteiger partial charge in [0.1, 0.15) is 24.4 Å². The molecule has 7 N–H and O–H groups in total. The average Bonchev–Trinajstić information content (AvgIpc) is 3.01. The second kappa shape index (κ2) is 11.2. The minimum absolute atomic E-state index is 0.0435. The molecule has 1 aliphatic heterocycles. The van der Waals surface area contributed by atoms with Gasteiger partial charge in [-0.1, -0.05) is 46.3 Å². The molecule has 4 saturated carbocycles. The van der Waals surface area contributed by atoms with Crippen molar-refractivity contribution in [3.05, 3.63) is 11.6 Å². The third-order valence-electron chi connectivity index (χ3n) is 15.7. The summed E-state index contributed by atoms with van der Waals surface area (Å²) >= 11 is 0. The Hall–Kier alpha value is -1.11. The van der Waals surface area contributed by atoms with Gasteiger partial charge in [0.25, 0.3) is 0 Å². The molecule has 6 rings (SSSR count). The molecule has 6 aliphatic rings. The molecular formula is C36H58O10. The number of allylic oxidation sites excluding steroid dienone is 1. The largest absolute Gasteiger partial charge is 0.432 e. The van der Waals surface area contributed by atoms with Crippen LogP contribution in [-0.2, 0) is 14.3 Å². The van der Waals surface area contributed by atoms with Crippen molar-refractivity contribution in [1.29, 1.82) is 0 Å². The Bertz CT molecular complexity index is 1240. The number of carbonyl (C=O) groups excluding carboxylic acids is 1. The van der Waals surface area contributed by atoms with E-state index in [2.05, 4.69) is 26.8 Å². The van der Waals surface area contributed by atoms with Crippen LogP contribution in [0.2, 0.25) is 0 Å². The minimum Gasteiger partial charge on any atom is -0.432 e. The number of esters is 1. The third kappa shape index (κ3) is 4.39. The molecule has 0 bridgehead atoms. The summed E-state index contributed by atoms with van der Waals surface area (Å²) in [7, 11) is 0. The zero-order valence-corrected chi connectivity index (χ0v) is 28.5. The van der Waals surface area contributed by atoms with E-state index < -0.39 is 71.7 Å². The van der Waals surface area contributed by atoms with Crippen molar-refractivity contribution in [2.75, 3.05) is 13.2 Å². The molecule has 0 unspecified atom stereocenters. The summed E-state index contributed by atoms with van der Waals surface area (Å²) < 4.78 is 11.5. The van der Waals surface area contributed by atoms with Crippen molar-refractivity contribution < 1.29 is 50.0 Å². The smallest absolute Gasteiger partial charge is 0.315 e. The highest BCUT2D eigenvalue weighted by atomic mass is 16.7. The van der Waals surface area contributed by atoms with Gasteiger partial charge in [-0.15, -0.1) is 0 Å². The van der Waals surface area contributed by atoms with Gasteiger partial charge in [-0.3, -0.25) is 4.79 Å². The molecular weight excluding hydrogens is 592 g/mol. The molecule has 10 heteroatoms. The van der Waals surface area contributed by atoms with Crippen LogP contribution in [0, 0.1) is 50.7 Å². The Morgan fingerprint density at radius 2 is 1.59 bits per heavy atom. The van der Waals surface area contributed by atoms with Gasteiger partial charge in [0.15, 0.2) is 0 Å². The van der Waals surface area contributed by atoms with E-state index in [1.807, 2.05) is 20.8 Å². The predicted molar refractivity (Wildman–Crippen MR) is 168 cm³/mol.